The quantitative estimate of drug-likeness (QED) is 0.734. The molecule has 25 heavy (non-hydrogen) atoms. The van der Waals surface area contributed by atoms with E-state index in [0.29, 0.717) is 18.1 Å². The second kappa shape index (κ2) is 7.82. The van der Waals surface area contributed by atoms with Crippen LogP contribution in [0, 0.1) is 0 Å². The number of hydrogen-bond acceptors (Lipinski definition) is 6. The van der Waals surface area contributed by atoms with Crippen LogP contribution in [-0.2, 0) is 16.0 Å². The normalized spacial score (nSPS) is 19.6. The molecule has 2 heterocycles. The molecule has 3 rings (SSSR count). The van der Waals surface area contributed by atoms with E-state index in [4.69, 9.17) is 9.26 Å². The van der Waals surface area contributed by atoms with Gasteiger partial charge >= 0.3 is 6.09 Å². The van der Waals surface area contributed by atoms with Crippen LogP contribution in [0.25, 0.3) is 0 Å². The number of nitrogens with zero attached hydrogens (tertiary/aromatic N) is 2. The average molecular weight is 347 g/mol. The first-order valence-corrected chi connectivity index (χ1v) is 8.33. The second-order valence-corrected chi connectivity index (χ2v) is 5.98. The van der Waals surface area contributed by atoms with Crippen molar-refractivity contribution < 1.29 is 18.8 Å². The molecule has 0 aliphatic heterocycles. The van der Waals surface area contributed by atoms with Gasteiger partial charge in [-0.05, 0) is 26.2 Å². The predicted molar refractivity (Wildman–Crippen MR) is 88.0 cm³/mol. The molecular weight excluding hydrogens is 326 g/mol. The Bertz CT molecular complexity index is 712. The zero-order valence-corrected chi connectivity index (χ0v) is 13.9. The molecule has 0 saturated heterocycles. The Morgan fingerprint density at radius 2 is 2.32 bits per heavy atom. The number of H-pyrrole nitrogens is 1. The third-order valence-electron chi connectivity index (χ3n) is 4.11. The number of alkyl carbamates (subject to hydrolysis) is 1. The highest BCUT2D eigenvalue weighted by Gasteiger charge is 2.29. The molecule has 9 nitrogen and oxygen atoms in total. The van der Waals surface area contributed by atoms with Crippen molar-refractivity contribution in [3.63, 3.8) is 0 Å². The van der Waals surface area contributed by atoms with E-state index < -0.39 is 0 Å². The highest BCUT2D eigenvalue weighted by Crippen LogP contribution is 2.35. The van der Waals surface area contributed by atoms with E-state index in [2.05, 4.69) is 26.0 Å². The third kappa shape index (κ3) is 4.59. The van der Waals surface area contributed by atoms with E-state index in [9.17, 15) is 9.59 Å². The molecule has 0 bridgehead atoms. The number of anilines is 1. The molecule has 1 saturated carbocycles. The van der Waals surface area contributed by atoms with Crippen LogP contribution in [0.5, 0.6) is 0 Å². The molecule has 0 spiro atoms. The molecule has 1 aliphatic rings. The summed E-state index contributed by atoms with van der Waals surface area (Å²) < 4.78 is 10.3. The molecular formula is C16H21N5O4. The fraction of sp³-hybridized carbons (Fsp3) is 0.500. The molecule has 2 atom stereocenters. The number of aromatic amines is 1. The van der Waals surface area contributed by atoms with E-state index >= 15 is 0 Å². The van der Waals surface area contributed by atoms with Crippen molar-refractivity contribution in [2.45, 2.75) is 44.6 Å². The number of ether oxygens (including phenoxy) is 1. The molecule has 134 valence electrons. The number of amides is 2. The lowest BCUT2D eigenvalue weighted by Crippen LogP contribution is -2.27. The number of carbonyl (C=O) groups is 2. The first-order chi connectivity index (χ1) is 12.1. The van der Waals surface area contributed by atoms with E-state index in [-0.39, 0.29) is 30.4 Å². The van der Waals surface area contributed by atoms with Gasteiger partial charge in [0.25, 0.3) is 0 Å². The Morgan fingerprint density at radius 3 is 3.08 bits per heavy atom. The Kier molecular flexibility index (Phi) is 5.32. The maximum Gasteiger partial charge on any atom is 0.407 e. The summed E-state index contributed by atoms with van der Waals surface area (Å²) in [4.78, 5) is 23.4. The van der Waals surface area contributed by atoms with E-state index in [0.717, 1.165) is 25.0 Å². The van der Waals surface area contributed by atoms with Crippen molar-refractivity contribution >= 4 is 17.8 Å². The van der Waals surface area contributed by atoms with Crippen molar-refractivity contribution in [2.75, 3.05) is 11.9 Å². The van der Waals surface area contributed by atoms with Crippen molar-refractivity contribution in [2.24, 2.45) is 0 Å². The minimum absolute atomic E-state index is 0.0932. The SMILES string of the molecule is CCNC(=O)OC1CCC(c2cc(NC(=O)Cc3ccno3)n[nH]2)C1. The molecule has 3 N–H and O–H groups in total. The third-order valence-corrected chi connectivity index (χ3v) is 4.11. The number of carbonyl (C=O) groups excluding carboxylic acids is 2. The summed E-state index contributed by atoms with van der Waals surface area (Å²) in [5.41, 5.74) is 0.928. The fourth-order valence-corrected chi connectivity index (χ4v) is 2.96. The molecule has 2 aromatic rings. The molecule has 0 radical (unpaired) electrons. The van der Waals surface area contributed by atoms with Gasteiger partial charge in [0.15, 0.2) is 5.82 Å². The van der Waals surface area contributed by atoms with Gasteiger partial charge in [0.1, 0.15) is 11.9 Å². The van der Waals surface area contributed by atoms with E-state index in [1.807, 2.05) is 13.0 Å². The van der Waals surface area contributed by atoms with Crippen LogP contribution in [0.4, 0.5) is 10.6 Å². The lowest BCUT2D eigenvalue weighted by molar-refractivity contribution is -0.115. The van der Waals surface area contributed by atoms with E-state index in [1.165, 1.54) is 6.20 Å². The van der Waals surface area contributed by atoms with Crippen molar-refractivity contribution in [3.8, 4) is 0 Å². The number of aromatic nitrogens is 3. The molecule has 1 aliphatic carbocycles. The van der Waals surface area contributed by atoms with Gasteiger partial charge in [0.05, 0.1) is 12.6 Å². The maximum atomic E-state index is 11.9. The van der Waals surface area contributed by atoms with Crippen LogP contribution >= 0.6 is 0 Å². The van der Waals surface area contributed by atoms with Gasteiger partial charge in [0.2, 0.25) is 5.91 Å². The van der Waals surface area contributed by atoms with Crippen LogP contribution in [0.15, 0.2) is 22.9 Å². The summed E-state index contributed by atoms with van der Waals surface area (Å²) in [6.45, 7) is 2.40. The molecule has 0 aromatic carbocycles. The summed E-state index contributed by atoms with van der Waals surface area (Å²) in [5.74, 6) is 0.965. The Hall–Kier alpha value is -2.84. The predicted octanol–water partition coefficient (Wildman–Crippen LogP) is 1.96. The highest BCUT2D eigenvalue weighted by molar-refractivity contribution is 5.91. The highest BCUT2D eigenvalue weighted by atomic mass is 16.6. The summed E-state index contributed by atoms with van der Waals surface area (Å²) >= 11 is 0. The summed E-state index contributed by atoms with van der Waals surface area (Å²) in [6, 6.07) is 3.46. The summed E-state index contributed by atoms with van der Waals surface area (Å²) in [6.07, 6.45) is 3.58. The average Bonchev–Trinajstić information content (AvgIpc) is 3.29. The molecule has 2 unspecified atom stereocenters. The zero-order valence-electron chi connectivity index (χ0n) is 13.9. The molecule has 1 fully saturated rings. The Balaban J connectivity index is 1.50. The summed E-state index contributed by atoms with van der Waals surface area (Å²) in [5, 5.41) is 16.0. The minimum Gasteiger partial charge on any atom is -0.446 e. The first kappa shape index (κ1) is 17.0. The molecule has 9 heteroatoms. The zero-order chi connectivity index (χ0) is 17.6. The Morgan fingerprint density at radius 1 is 1.44 bits per heavy atom. The van der Waals surface area contributed by atoms with Gasteiger partial charge < -0.3 is 19.9 Å². The van der Waals surface area contributed by atoms with Crippen molar-refractivity contribution in [1.29, 1.82) is 0 Å². The van der Waals surface area contributed by atoms with Crippen LogP contribution in [0.1, 0.15) is 43.6 Å². The molecule has 2 aromatic heterocycles. The first-order valence-electron chi connectivity index (χ1n) is 8.33. The van der Waals surface area contributed by atoms with E-state index in [1.54, 1.807) is 6.07 Å². The monoisotopic (exact) mass is 347 g/mol. The minimum atomic E-state index is -0.377. The van der Waals surface area contributed by atoms with Gasteiger partial charge in [-0.3, -0.25) is 9.89 Å². The van der Waals surface area contributed by atoms with Crippen molar-refractivity contribution in [3.05, 3.63) is 29.8 Å². The van der Waals surface area contributed by atoms with Gasteiger partial charge in [-0.25, -0.2) is 4.79 Å². The second-order valence-electron chi connectivity index (χ2n) is 5.98. The number of hydrogen-bond donors (Lipinski definition) is 3. The van der Waals surface area contributed by atoms with Gasteiger partial charge in [-0.1, -0.05) is 5.16 Å². The van der Waals surface area contributed by atoms with Crippen LogP contribution in [0.3, 0.4) is 0 Å². The topological polar surface area (TPSA) is 122 Å². The largest absolute Gasteiger partial charge is 0.446 e. The van der Waals surface area contributed by atoms with Crippen molar-refractivity contribution in [1.82, 2.24) is 20.7 Å². The lowest BCUT2D eigenvalue weighted by Gasteiger charge is -2.12. The lowest BCUT2D eigenvalue weighted by atomic mass is 10.0. The van der Waals surface area contributed by atoms with Crippen LogP contribution in [0.2, 0.25) is 0 Å². The molecule has 2 amide bonds. The van der Waals surface area contributed by atoms with Crippen LogP contribution < -0.4 is 10.6 Å². The Labute approximate surface area is 144 Å². The summed E-state index contributed by atoms with van der Waals surface area (Å²) in [7, 11) is 0. The maximum absolute atomic E-state index is 11.9. The van der Waals surface area contributed by atoms with Gasteiger partial charge in [-0.15, -0.1) is 0 Å². The number of nitrogens with one attached hydrogen (secondary N) is 3. The van der Waals surface area contributed by atoms with Gasteiger partial charge in [-0.2, -0.15) is 5.10 Å². The smallest absolute Gasteiger partial charge is 0.407 e. The standard InChI is InChI=1S/C16H21N5O4/c1-2-17-16(23)24-11-4-3-10(7-11)13-9-14(21-20-13)19-15(22)8-12-5-6-18-25-12/h5-6,9-11H,2-4,7-8H2,1H3,(H,17,23)(H2,19,20,21,22). The fourth-order valence-electron chi connectivity index (χ4n) is 2.96. The van der Waals surface area contributed by atoms with Gasteiger partial charge in [0, 0.05) is 30.3 Å². The van der Waals surface area contributed by atoms with Crippen LogP contribution in [-0.4, -0.2) is 40.0 Å². The number of rotatable bonds is 6.